The van der Waals surface area contributed by atoms with Crippen LogP contribution < -0.4 is 5.32 Å². The predicted molar refractivity (Wildman–Crippen MR) is 95.5 cm³/mol. The summed E-state index contributed by atoms with van der Waals surface area (Å²) in [5.74, 6) is 1.22. The van der Waals surface area contributed by atoms with Gasteiger partial charge in [-0.1, -0.05) is 18.2 Å². The first-order valence-electron chi connectivity index (χ1n) is 8.52. The van der Waals surface area contributed by atoms with E-state index in [-0.39, 0.29) is 5.91 Å². The van der Waals surface area contributed by atoms with Crippen LogP contribution in [0.5, 0.6) is 0 Å². The van der Waals surface area contributed by atoms with Gasteiger partial charge in [0.05, 0.1) is 0 Å². The molecule has 1 aliphatic rings. The van der Waals surface area contributed by atoms with E-state index in [1.807, 2.05) is 48.2 Å². The van der Waals surface area contributed by atoms with E-state index in [0.29, 0.717) is 24.9 Å². The molecule has 1 fully saturated rings. The summed E-state index contributed by atoms with van der Waals surface area (Å²) >= 11 is 0. The molecule has 4 rings (SSSR count). The van der Waals surface area contributed by atoms with Crippen LogP contribution in [0.15, 0.2) is 47.1 Å². The lowest BCUT2D eigenvalue weighted by Crippen LogP contribution is -2.42. The maximum Gasteiger partial charge on any atom is 0.289 e. The van der Waals surface area contributed by atoms with Crippen molar-refractivity contribution in [2.75, 3.05) is 18.4 Å². The summed E-state index contributed by atoms with van der Waals surface area (Å²) in [5.41, 5.74) is 1.69. The second kappa shape index (κ2) is 6.55. The zero-order valence-electron chi connectivity index (χ0n) is 14.1. The molecule has 1 amide bonds. The zero-order valence-corrected chi connectivity index (χ0v) is 14.1. The minimum Gasteiger partial charge on any atom is -0.451 e. The van der Waals surface area contributed by atoms with Crippen molar-refractivity contribution >= 4 is 22.7 Å². The average molecular weight is 336 g/mol. The van der Waals surface area contributed by atoms with E-state index in [0.717, 1.165) is 35.3 Å². The molecular formula is C19H20N4O2. The lowest BCUT2D eigenvalue weighted by atomic mass is 10.0. The minimum atomic E-state index is -0.0347. The lowest BCUT2D eigenvalue weighted by molar-refractivity contribution is 0.0688. The number of likely N-dealkylation sites (tertiary alicyclic amines) is 1. The number of fused-ring (bicyclic) bond motifs is 1. The molecule has 0 unspecified atom stereocenters. The summed E-state index contributed by atoms with van der Waals surface area (Å²) in [6.07, 6.45) is 3.34. The second-order valence-electron chi connectivity index (χ2n) is 6.40. The highest BCUT2D eigenvalue weighted by Gasteiger charge is 2.25. The highest BCUT2D eigenvalue weighted by Crippen LogP contribution is 2.22. The van der Waals surface area contributed by atoms with Gasteiger partial charge in [-0.2, -0.15) is 0 Å². The number of nitrogens with zero attached hydrogens (tertiary/aromatic N) is 3. The summed E-state index contributed by atoms with van der Waals surface area (Å²) in [7, 11) is 0. The number of hydrogen-bond acceptors (Lipinski definition) is 5. The van der Waals surface area contributed by atoms with E-state index in [2.05, 4.69) is 15.3 Å². The third-order valence-corrected chi connectivity index (χ3v) is 4.57. The summed E-state index contributed by atoms with van der Waals surface area (Å²) in [6, 6.07) is 11.8. The SMILES string of the molecule is Cc1cc(NC2CCN(C(=O)c3cc4ccccc4o3)CC2)ncn1. The number of rotatable bonds is 3. The van der Waals surface area contributed by atoms with Crippen LogP contribution in [-0.4, -0.2) is 39.9 Å². The van der Waals surface area contributed by atoms with Gasteiger partial charge in [-0.3, -0.25) is 4.79 Å². The molecule has 3 aromatic rings. The Morgan fingerprint density at radius 2 is 2.00 bits per heavy atom. The number of aryl methyl sites for hydroxylation is 1. The number of piperidine rings is 1. The fraction of sp³-hybridized carbons (Fsp3) is 0.316. The third kappa shape index (κ3) is 3.33. The van der Waals surface area contributed by atoms with Crippen LogP contribution in [0.1, 0.15) is 29.1 Å². The maximum absolute atomic E-state index is 12.7. The molecule has 0 bridgehead atoms. The standard InChI is InChI=1S/C19H20N4O2/c1-13-10-18(21-12-20-13)22-15-6-8-23(9-7-15)19(24)17-11-14-4-2-3-5-16(14)25-17/h2-5,10-12,15H,6-9H2,1H3,(H,20,21,22). The van der Waals surface area contributed by atoms with Gasteiger partial charge in [0.2, 0.25) is 0 Å². The number of carbonyl (C=O) groups excluding carboxylic acids is 1. The Hall–Kier alpha value is -2.89. The number of hydrogen-bond donors (Lipinski definition) is 1. The van der Waals surface area contributed by atoms with E-state index < -0.39 is 0 Å². The van der Waals surface area contributed by atoms with Crippen LogP contribution in [-0.2, 0) is 0 Å². The van der Waals surface area contributed by atoms with Gasteiger partial charge < -0.3 is 14.6 Å². The molecule has 0 radical (unpaired) electrons. The van der Waals surface area contributed by atoms with Gasteiger partial charge in [0.1, 0.15) is 17.7 Å². The zero-order chi connectivity index (χ0) is 17.2. The van der Waals surface area contributed by atoms with Crippen molar-refractivity contribution in [1.29, 1.82) is 0 Å². The van der Waals surface area contributed by atoms with Gasteiger partial charge in [-0.25, -0.2) is 9.97 Å². The Labute approximate surface area is 145 Å². The molecule has 1 N–H and O–H groups in total. The van der Waals surface area contributed by atoms with Gasteiger partial charge in [0, 0.05) is 36.3 Å². The molecule has 128 valence electrons. The van der Waals surface area contributed by atoms with Crippen molar-refractivity contribution in [2.24, 2.45) is 0 Å². The summed E-state index contributed by atoms with van der Waals surface area (Å²) in [5, 5.41) is 4.39. The number of benzene rings is 1. The predicted octanol–water partition coefficient (Wildman–Crippen LogP) is 3.25. The molecule has 0 atom stereocenters. The van der Waals surface area contributed by atoms with Crippen molar-refractivity contribution < 1.29 is 9.21 Å². The lowest BCUT2D eigenvalue weighted by Gasteiger charge is -2.32. The fourth-order valence-corrected chi connectivity index (χ4v) is 3.21. The Kier molecular flexibility index (Phi) is 4.09. The molecule has 1 aliphatic heterocycles. The van der Waals surface area contributed by atoms with Gasteiger partial charge in [-0.15, -0.1) is 0 Å². The Morgan fingerprint density at radius 1 is 1.20 bits per heavy atom. The largest absolute Gasteiger partial charge is 0.451 e. The quantitative estimate of drug-likeness (QED) is 0.795. The van der Waals surface area contributed by atoms with E-state index in [1.54, 1.807) is 6.33 Å². The van der Waals surface area contributed by atoms with Gasteiger partial charge in [-0.05, 0) is 31.9 Å². The van der Waals surface area contributed by atoms with Crippen molar-refractivity contribution in [3.63, 3.8) is 0 Å². The average Bonchev–Trinajstić information content (AvgIpc) is 3.06. The summed E-state index contributed by atoms with van der Waals surface area (Å²) in [6.45, 7) is 3.36. The van der Waals surface area contributed by atoms with Gasteiger partial charge >= 0.3 is 0 Å². The van der Waals surface area contributed by atoms with E-state index in [1.165, 1.54) is 0 Å². The number of anilines is 1. The first-order valence-corrected chi connectivity index (χ1v) is 8.52. The van der Waals surface area contributed by atoms with Crippen LogP contribution in [0.2, 0.25) is 0 Å². The molecule has 25 heavy (non-hydrogen) atoms. The highest BCUT2D eigenvalue weighted by molar-refractivity contribution is 5.96. The number of amides is 1. The van der Waals surface area contributed by atoms with E-state index >= 15 is 0 Å². The molecule has 1 saturated heterocycles. The minimum absolute atomic E-state index is 0.0347. The molecule has 2 aromatic heterocycles. The van der Waals surface area contributed by atoms with E-state index in [9.17, 15) is 4.79 Å². The molecule has 6 nitrogen and oxygen atoms in total. The van der Waals surface area contributed by atoms with Crippen LogP contribution in [0.4, 0.5) is 5.82 Å². The Morgan fingerprint density at radius 3 is 2.76 bits per heavy atom. The summed E-state index contributed by atoms with van der Waals surface area (Å²) < 4.78 is 5.69. The molecule has 3 heterocycles. The molecule has 0 spiro atoms. The molecule has 0 saturated carbocycles. The number of nitrogens with one attached hydrogen (secondary N) is 1. The van der Waals surface area contributed by atoms with E-state index in [4.69, 9.17) is 4.42 Å². The van der Waals surface area contributed by atoms with Crippen molar-refractivity contribution in [2.45, 2.75) is 25.8 Å². The smallest absolute Gasteiger partial charge is 0.289 e. The first kappa shape index (κ1) is 15.6. The summed E-state index contributed by atoms with van der Waals surface area (Å²) in [4.78, 5) is 22.9. The van der Waals surface area contributed by atoms with Gasteiger partial charge in [0.15, 0.2) is 5.76 Å². The third-order valence-electron chi connectivity index (χ3n) is 4.57. The van der Waals surface area contributed by atoms with Crippen LogP contribution in [0.25, 0.3) is 11.0 Å². The molecule has 0 aliphatic carbocycles. The number of aromatic nitrogens is 2. The monoisotopic (exact) mass is 336 g/mol. The molecular weight excluding hydrogens is 316 g/mol. The fourth-order valence-electron chi connectivity index (χ4n) is 3.21. The number of furan rings is 1. The molecule has 1 aromatic carbocycles. The number of para-hydroxylation sites is 1. The van der Waals surface area contributed by atoms with Crippen LogP contribution in [0.3, 0.4) is 0 Å². The van der Waals surface area contributed by atoms with Crippen molar-refractivity contribution in [3.05, 3.63) is 54.2 Å². The van der Waals surface area contributed by atoms with Gasteiger partial charge in [0.25, 0.3) is 5.91 Å². The number of carbonyl (C=O) groups is 1. The topological polar surface area (TPSA) is 71.3 Å². The normalized spacial score (nSPS) is 15.5. The van der Waals surface area contributed by atoms with Crippen LogP contribution in [0, 0.1) is 6.92 Å². The highest BCUT2D eigenvalue weighted by atomic mass is 16.3. The Balaban J connectivity index is 1.38. The maximum atomic E-state index is 12.7. The van der Waals surface area contributed by atoms with Crippen molar-refractivity contribution in [3.8, 4) is 0 Å². The molecule has 6 heteroatoms. The van der Waals surface area contributed by atoms with Crippen molar-refractivity contribution in [1.82, 2.24) is 14.9 Å². The Bertz CT molecular complexity index is 864. The second-order valence-corrected chi connectivity index (χ2v) is 6.40. The first-order chi connectivity index (χ1) is 12.2. The van der Waals surface area contributed by atoms with Crippen LogP contribution >= 0.6 is 0 Å².